The Labute approximate surface area is 194 Å². The maximum Gasteiger partial charge on any atom is 0.410 e. The summed E-state index contributed by atoms with van der Waals surface area (Å²) in [5.41, 5.74) is 2.48. The minimum atomic E-state index is -0.560. The van der Waals surface area contributed by atoms with Gasteiger partial charge in [-0.3, -0.25) is 0 Å². The normalized spacial score (nSPS) is 16.5. The van der Waals surface area contributed by atoms with E-state index in [1.165, 1.54) is 0 Å². The van der Waals surface area contributed by atoms with Gasteiger partial charge < -0.3 is 24.7 Å². The Bertz CT molecular complexity index is 951. The first-order valence-corrected chi connectivity index (χ1v) is 11.4. The Kier molecular flexibility index (Phi) is 7.72. The number of amides is 1. The molecule has 1 aromatic carbocycles. The molecule has 32 heavy (non-hydrogen) atoms. The molecule has 0 aliphatic carbocycles. The quantitative estimate of drug-likeness (QED) is 0.521. The third-order valence-corrected chi connectivity index (χ3v) is 5.53. The summed E-state index contributed by atoms with van der Waals surface area (Å²) in [7, 11) is 0. The number of piperidine rings is 1. The molecule has 1 saturated heterocycles. The molecular weight excluding hydrogens is 430 g/mol. The molecule has 0 saturated carbocycles. The van der Waals surface area contributed by atoms with Crippen molar-refractivity contribution in [3.8, 4) is 0 Å². The summed E-state index contributed by atoms with van der Waals surface area (Å²) in [5, 5.41) is 3.94. The van der Waals surface area contributed by atoms with E-state index in [0.717, 1.165) is 30.4 Å². The number of aromatic amines is 1. The lowest BCUT2D eigenvalue weighted by molar-refractivity contribution is 0.00941. The van der Waals surface area contributed by atoms with E-state index in [2.05, 4.69) is 10.3 Å². The third kappa shape index (κ3) is 5.97. The van der Waals surface area contributed by atoms with Crippen molar-refractivity contribution < 1.29 is 19.1 Å². The highest BCUT2D eigenvalue weighted by molar-refractivity contribution is 6.30. The van der Waals surface area contributed by atoms with E-state index in [9.17, 15) is 9.59 Å². The summed E-state index contributed by atoms with van der Waals surface area (Å²) < 4.78 is 10.8. The minimum Gasteiger partial charge on any atom is -0.461 e. The van der Waals surface area contributed by atoms with Gasteiger partial charge in [-0.2, -0.15) is 0 Å². The van der Waals surface area contributed by atoms with Gasteiger partial charge in [0.1, 0.15) is 11.3 Å². The number of carbonyl (C=O) groups is 2. The summed E-state index contributed by atoms with van der Waals surface area (Å²) in [6.07, 6.45) is 4.19. The molecule has 2 heterocycles. The van der Waals surface area contributed by atoms with Gasteiger partial charge in [0.25, 0.3) is 0 Å². The number of likely N-dealkylation sites (tertiary alicyclic amines) is 1. The smallest absolute Gasteiger partial charge is 0.410 e. The minimum absolute atomic E-state index is 0.121. The highest BCUT2D eigenvalue weighted by Crippen LogP contribution is 2.35. The molecule has 1 aliphatic rings. The number of rotatable bonds is 6. The topological polar surface area (TPSA) is 83.7 Å². The summed E-state index contributed by atoms with van der Waals surface area (Å²) in [6.45, 7) is 8.80. The Hall–Kier alpha value is -2.67. The molecule has 3 rings (SSSR count). The first-order chi connectivity index (χ1) is 15.2. The van der Waals surface area contributed by atoms with E-state index in [1.54, 1.807) is 19.2 Å². The fraction of sp³-hybridized carbons (Fsp3) is 0.500. The summed E-state index contributed by atoms with van der Waals surface area (Å²) in [4.78, 5) is 29.8. The van der Waals surface area contributed by atoms with E-state index in [1.807, 2.05) is 43.9 Å². The third-order valence-electron chi connectivity index (χ3n) is 5.29. The fourth-order valence-corrected chi connectivity index (χ4v) is 4.09. The number of nitrogens with one attached hydrogen (secondary N) is 2. The average molecular weight is 462 g/mol. The van der Waals surface area contributed by atoms with Crippen molar-refractivity contribution in [3.63, 3.8) is 0 Å². The summed E-state index contributed by atoms with van der Waals surface area (Å²) >= 11 is 6.35. The highest BCUT2D eigenvalue weighted by atomic mass is 35.5. The molecule has 1 fully saturated rings. The van der Waals surface area contributed by atoms with Crippen LogP contribution in [0.2, 0.25) is 5.02 Å². The number of H-pyrrole nitrogens is 1. The standard InChI is InChI=1S/C24H32ClN3O4/c1-5-31-22(29)21-19(11-12-26-21)27-15-16-9-10-17(25)14-18(16)20-8-6-7-13-28(20)23(30)32-24(2,3)4/h9-12,14,20,26-27H,5-8,13,15H2,1-4H3. The number of halogens is 1. The molecule has 1 aliphatic heterocycles. The first kappa shape index (κ1) is 24.0. The predicted octanol–water partition coefficient (Wildman–Crippen LogP) is 5.92. The van der Waals surface area contributed by atoms with E-state index in [4.69, 9.17) is 21.1 Å². The molecule has 8 heteroatoms. The number of aromatic nitrogens is 1. The molecule has 1 atom stereocenters. The monoisotopic (exact) mass is 461 g/mol. The first-order valence-electron chi connectivity index (χ1n) is 11.1. The van der Waals surface area contributed by atoms with Crippen LogP contribution in [0.25, 0.3) is 0 Å². The second kappa shape index (κ2) is 10.3. The Balaban J connectivity index is 1.84. The van der Waals surface area contributed by atoms with Crippen LogP contribution in [-0.4, -0.2) is 40.7 Å². The van der Waals surface area contributed by atoms with E-state index in [0.29, 0.717) is 36.1 Å². The van der Waals surface area contributed by atoms with Gasteiger partial charge in [-0.25, -0.2) is 9.59 Å². The average Bonchev–Trinajstić information content (AvgIpc) is 3.20. The molecule has 174 valence electrons. The molecule has 2 aromatic rings. The van der Waals surface area contributed by atoms with Crippen LogP contribution in [0.3, 0.4) is 0 Å². The zero-order valence-electron chi connectivity index (χ0n) is 19.2. The van der Waals surface area contributed by atoms with Crippen molar-refractivity contribution in [3.05, 3.63) is 52.3 Å². The van der Waals surface area contributed by atoms with Crippen LogP contribution in [0.5, 0.6) is 0 Å². The molecule has 0 bridgehead atoms. The SMILES string of the molecule is CCOC(=O)c1[nH]ccc1NCc1ccc(Cl)cc1C1CCCCN1C(=O)OC(C)(C)C. The van der Waals surface area contributed by atoms with Gasteiger partial charge in [0.05, 0.1) is 18.3 Å². The number of carbonyl (C=O) groups excluding carboxylic acids is 2. The van der Waals surface area contributed by atoms with Crippen molar-refractivity contribution in [1.29, 1.82) is 0 Å². The Morgan fingerprint density at radius 2 is 2.03 bits per heavy atom. The molecular formula is C24H32ClN3O4. The van der Waals surface area contributed by atoms with Crippen molar-refractivity contribution in [2.45, 2.75) is 65.1 Å². The lowest BCUT2D eigenvalue weighted by Crippen LogP contribution is -2.42. The number of hydrogen-bond acceptors (Lipinski definition) is 5. The van der Waals surface area contributed by atoms with Crippen LogP contribution in [0, 0.1) is 0 Å². The maximum atomic E-state index is 12.9. The van der Waals surface area contributed by atoms with Gasteiger partial charge in [-0.1, -0.05) is 17.7 Å². The van der Waals surface area contributed by atoms with E-state index in [-0.39, 0.29) is 12.1 Å². The number of hydrogen-bond donors (Lipinski definition) is 2. The van der Waals surface area contributed by atoms with Crippen molar-refractivity contribution in [1.82, 2.24) is 9.88 Å². The van der Waals surface area contributed by atoms with Crippen LogP contribution in [0.1, 0.15) is 74.6 Å². The molecule has 7 nitrogen and oxygen atoms in total. The second-order valence-corrected chi connectivity index (χ2v) is 9.31. The van der Waals surface area contributed by atoms with Gasteiger partial charge in [0.2, 0.25) is 0 Å². The summed E-state index contributed by atoms with van der Waals surface area (Å²) in [6, 6.07) is 7.41. The fourth-order valence-electron chi connectivity index (χ4n) is 3.91. The molecule has 1 amide bonds. The molecule has 0 radical (unpaired) electrons. The van der Waals surface area contributed by atoms with Crippen LogP contribution < -0.4 is 5.32 Å². The van der Waals surface area contributed by atoms with Gasteiger partial charge in [0, 0.05) is 24.3 Å². The van der Waals surface area contributed by atoms with Crippen LogP contribution in [0.4, 0.5) is 10.5 Å². The van der Waals surface area contributed by atoms with Gasteiger partial charge in [0.15, 0.2) is 0 Å². The number of benzene rings is 1. The zero-order valence-corrected chi connectivity index (χ0v) is 19.9. The van der Waals surface area contributed by atoms with Crippen molar-refractivity contribution in [2.75, 3.05) is 18.5 Å². The van der Waals surface area contributed by atoms with E-state index >= 15 is 0 Å². The maximum absolute atomic E-state index is 12.9. The number of anilines is 1. The highest BCUT2D eigenvalue weighted by Gasteiger charge is 2.32. The largest absolute Gasteiger partial charge is 0.461 e. The molecule has 1 unspecified atom stereocenters. The second-order valence-electron chi connectivity index (χ2n) is 8.87. The van der Waals surface area contributed by atoms with Crippen molar-refractivity contribution in [2.24, 2.45) is 0 Å². The van der Waals surface area contributed by atoms with Crippen LogP contribution in [0.15, 0.2) is 30.5 Å². The lowest BCUT2D eigenvalue weighted by atomic mass is 9.92. The van der Waals surface area contributed by atoms with Gasteiger partial charge in [-0.05, 0) is 76.3 Å². The summed E-state index contributed by atoms with van der Waals surface area (Å²) in [5.74, 6) is -0.403. The number of esters is 1. The number of nitrogens with zero attached hydrogens (tertiary/aromatic N) is 1. The molecule has 0 spiro atoms. The molecule has 2 N–H and O–H groups in total. The predicted molar refractivity (Wildman–Crippen MR) is 125 cm³/mol. The van der Waals surface area contributed by atoms with Crippen LogP contribution >= 0.6 is 11.6 Å². The van der Waals surface area contributed by atoms with Gasteiger partial charge >= 0.3 is 12.1 Å². The zero-order chi connectivity index (χ0) is 23.3. The molecule has 1 aromatic heterocycles. The van der Waals surface area contributed by atoms with Crippen molar-refractivity contribution >= 4 is 29.4 Å². The van der Waals surface area contributed by atoms with Gasteiger partial charge in [-0.15, -0.1) is 0 Å². The lowest BCUT2D eigenvalue weighted by Gasteiger charge is -2.38. The Morgan fingerprint density at radius 1 is 1.25 bits per heavy atom. The Morgan fingerprint density at radius 3 is 2.75 bits per heavy atom. The number of ether oxygens (including phenoxy) is 2. The van der Waals surface area contributed by atoms with Crippen LogP contribution in [-0.2, 0) is 16.0 Å². The van der Waals surface area contributed by atoms with E-state index < -0.39 is 11.6 Å².